The first-order chi connectivity index (χ1) is 16.4. The molecule has 1 heterocycles. The second-order valence-electron chi connectivity index (χ2n) is 13.5. The van der Waals surface area contributed by atoms with E-state index in [0.29, 0.717) is 30.8 Å². The topological polar surface area (TPSA) is 107 Å². The first kappa shape index (κ1) is 27.3. The molecule has 0 radical (unpaired) electrons. The van der Waals surface area contributed by atoms with Gasteiger partial charge in [-0.2, -0.15) is 0 Å². The molecule has 3 aliphatic carbocycles. The molecule has 1 aliphatic heterocycles. The molecular weight excluding hydrogens is 444 g/mol. The van der Waals surface area contributed by atoms with Gasteiger partial charge in [0.15, 0.2) is 0 Å². The predicted molar refractivity (Wildman–Crippen MR) is 134 cm³/mol. The fourth-order valence-electron chi connectivity index (χ4n) is 9.60. The number of carbonyl (C=O) groups is 1. The van der Waals surface area contributed by atoms with Crippen molar-refractivity contribution in [2.75, 3.05) is 6.61 Å². The lowest BCUT2D eigenvalue weighted by Gasteiger charge is -2.56. The molecule has 4 rings (SSSR count). The van der Waals surface area contributed by atoms with Gasteiger partial charge < -0.3 is 25.2 Å². The van der Waals surface area contributed by atoms with Gasteiger partial charge in [-0.05, 0) is 90.8 Å². The number of hydrogen-bond donors (Lipinski definition) is 4. The maximum atomic E-state index is 13.0. The fraction of sp³-hybridized carbons (Fsp3) is 0.966. The lowest BCUT2D eigenvalue weighted by atomic mass is 9.48. The van der Waals surface area contributed by atoms with Crippen molar-refractivity contribution in [3.63, 3.8) is 0 Å². The third kappa shape index (κ3) is 4.38. The summed E-state index contributed by atoms with van der Waals surface area (Å²) in [6.45, 7) is 13.4. The van der Waals surface area contributed by atoms with Crippen LogP contribution in [-0.4, -0.2) is 57.4 Å². The molecule has 1 saturated heterocycles. The van der Waals surface area contributed by atoms with E-state index in [1.165, 1.54) is 0 Å². The van der Waals surface area contributed by atoms with Crippen molar-refractivity contribution in [2.45, 2.75) is 111 Å². The number of ether oxygens (including phenoxy) is 1. The SMILES string of the molecule is CC[C@@H](C(C)C)[C@@H](O)[C@H](O)[C@@H](C)[C@H]1CC[C@H]2[C@@H]3COC(=O)[C@H]4C[C@H](O)[C@@H](O)C[C@]4(C)[C@H]3CC[C@]12C. The average Bonchev–Trinajstić information content (AvgIpc) is 3.11. The van der Waals surface area contributed by atoms with E-state index in [0.717, 1.165) is 32.1 Å². The summed E-state index contributed by atoms with van der Waals surface area (Å²) in [6, 6.07) is 0. The smallest absolute Gasteiger partial charge is 0.309 e. The second kappa shape index (κ2) is 9.89. The lowest BCUT2D eigenvalue weighted by Crippen LogP contribution is -2.55. The van der Waals surface area contributed by atoms with Gasteiger partial charge in [0, 0.05) is 0 Å². The average molecular weight is 495 g/mol. The number of esters is 1. The van der Waals surface area contributed by atoms with E-state index in [4.69, 9.17) is 4.74 Å². The van der Waals surface area contributed by atoms with E-state index in [2.05, 4.69) is 41.5 Å². The van der Waals surface area contributed by atoms with Gasteiger partial charge in [-0.3, -0.25) is 4.79 Å². The molecule has 0 unspecified atom stereocenters. The third-order valence-electron chi connectivity index (χ3n) is 11.7. The number of cyclic esters (lactones) is 1. The van der Waals surface area contributed by atoms with Crippen molar-refractivity contribution in [2.24, 2.45) is 58.2 Å². The molecule has 0 amide bonds. The highest BCUT2D eigenvalue weighted by Gasteiger charge is 2.63. The van der Waals surface area contributed by atoms with Crippen LogP contribution in [0.5, 0.6) is 0 Å². The Labute approximate surface area is 211 Å². The summed E-state index contributed by atoms with van der Waals surface area (Å²) >= 11 is 0. The first-order valence-corrected chi connectivity index (χ1v) is 14.3. The Morgan fingerprint density at radius 3 is 2.26 bits per heavy atom. The maximum absolute atomic E-state index is 13.0. The first-order valence-electron chi connectivity index (χ1n) is 14.3. The number of fused-ring (bicyclic) bond motifs is 5. The van der Waals surface area contributed by atoms with Crippen molar-refractivity contribution >= 4 is 5.97 Å². The van der Waals surface area contributed by atoms with Crippen molar-refractivity contribution < 1.29 is 30.0 Å². The van der Waals surface area contributed by atoms with E-state index < -0.39 is 24.4 Å². The van der Waals surface area contributed by atoms with Crippen LogP contribution in [0, 0.1) is 58.2 Å². The monoisotopic (exact) mass is 494 g/mol. The Balaban J connectivity index is 1.57. The summed E-state index contributed by atoms with van der Waals surface area (Å²) in [4.78, 5) is 13.0. The van der Waals surface area contributed by atoms with Crippen LogP contribution < -0.4 is 0 Å². The van der Waals surface area contributed by atoms with Gasteiger partial charge in [0.05, 0.1) is 36.9 Å². The third-order valence-corrected chi connectivity index (χ3v) is 11.7. The van der Waals surface area contributed by atoms with Crippen molar-refractivity contribution in [1.29, 1.82) is 0 Å². The van der Waals surface area contributed by atoms with Crippen molar-refractivity contribution in [3.05, 3.63) is 0 Å². The minimum atomic E-state index is -0.867. The molecule has 35 heavy (non-hydrogen) atoms. The quantitative estimate of drug-likeness (QED) is 0.419. The molecule has 0 aromatic heterocycles. The van der Waals surface area contributed by atoms with Crippen LogP contribution in [0.1, 0.15) is 86.5 Å². The Morgan fingerprint density at radius 2 is 1.63 bits per heavy atom. The Hall–Kier alpha value is -0.690. The van der Waals surface area contributed by atoms with Crippen LogP contribution in [0.2, 0.25) is 0 Å². The van der Waals surface area contributed by atoms with Crippen molar-refractivity contribution in [3.8, 4) is 0 Å². The fourth-order valence-corrected chi connectivity index (χ4v) is 9.60. The van der Waals surface area contributed by atoms with E-state index in [-0.39, 0.29) is 52.8 Å². The second-order valence-corrected chi connectivity index (χ2v) is 13.5. The van der Waals surface area contributed by atoms with Crippen LogP contribution in [0.25, 0.3) is 0 Å². The normalized spacial score (nSPS) is 47.1. The molecule has 202 valence electrons. The molecule has 0 spiro atoms. The van der Waals surface area contributed by atoms with Crippen molar-refractivity contribution in [1.82, 2.24) is 0 Å². The van der Waals surface area contributed by atoms with Gasteiger partial charge in [-0.25, -0.2) is 0 Å². The Kier molecular flexibility index (Phi) is 7.72. The number of rotatable bonds is 6. The highest BCUT2D eigenvalue weighted by molar-refractivity contribution is 5.74. The highest BCUT2D eigenvalue weighted by Crippen LogP contribution is 2.66. The van der Waals surface area contributed by atoms with E-state index in [9.17, 15) is 25.2 Å². The summed E-state index contributed by atoms with van der Waals surface area (Å²) in [6.07, 6.45) is 2.49. The molecular formula is C29H50O6. The molecule has 6 heteroatoms. The minimum absolute atomic E-state index is 0.00679. The molecule has 4 fully saturated rings. The lowest BCUT2D eigenvalue weighted by molar-refractivity contribution is -0.162. The molecule has 0 bridgehead atoms. The predicted octanol–water partition coefficient (Wildman–Crippen LogP) is 3.78. The number of carbonyl (C=O) groups excluding carboxylic acids is 1. The number of aliphatic hydroxyl groups excluding tert-OH is 4. The number of aliphatic hydroxyl groups is 4. The Bertz CT molecular complexity index is 770. The Morgan fingerprint density at radius 1 is 0.971 bits per heavy atom. The van der Waals surface area contributed by atoms with E-state index in [1.54, 1.807) is 0 Å². The maximum Gasteiger partial charge on any atom is 0.309 e. The summed E-state index contributed by atoms with van der Waals surface area (Å²) in [7, 11) is 0. The summed E-state index contributed by atoms with van der Waals surface area (Å²) in [5.74, 6) is 1.01. The van der Waals surface area contributed by atoms with Gasteiger partial charge in [-0.15, -0.1) is 0 Å². The van der Waals surface area contributed by atoms with Gasteiger partial charge in [0.25, 0.3) is 0 Å². The summed E-state index contributed by atoms with van der Waals surface area (Å²) in [5, 5.41) is 43.2. The number of hydrogen-bond acceptors (Lipinski definition) is 6. The van der Waals surface area contributed by atoms with Gasteiger partial charge in [0.2, 0.25) is 0 Å². The molecule has 4 N–H and O–H groups in total. The molecule has 3 saturated carbocycles. The molecule has 0 aromatic rings. The largest absolute Gasteiger partial charge is 0.465 e. The highest BCUT2D eigenvalue weighted by atomic mass is 16.5. The van der Waals surface area contributed by atoms with Crippen LogP contribution in [0.15, 0.2) is 0 Å². The zero-order valence-corrected chi connectivity index (χ0v) is 22.7. The van der Waals surface area contributed by atoms with E-state index >= 15 is 0 Å². The zero-order valence-electron chi connectivity index (χ0n) is 22.7. The van der Waals surface area contributed by atoms with Gasteiger partial charge >= 0.3 is 5.97 Å². The zero-order chi connectivity index (χ0) is 25.9. The molecule has 6 nitrogen and oxygen atoms in total. The van der Waals surface area contributed by atoms with Gasteiger partial charge in [0.1, 0.15) is 0 Å². The molecule has 0 aromatic carbocycles. The van der Waals surface area contributed by atoms with Crippen LogP contribution in [-0.2, 0) is 9.53 Å². The minimum Gasteiger partial charge on any atom is -0.465 e. The summed E-state index contributed by atoms with van der Waals surface area (Å²) < 4.78 is 5.88. The van der Waals surface area contributed by atoms with Crippen LogP contribution in [0.3, 0.4) is 0 Å². The van der Waals surface area contributed by atoms with Crippen LogP contribution >= 0.6 is 0 Å². The van der Waals surface area contributed by atoms with Crippen LogP contribution in [0.4, 0.5) is 0 Å². The molecule has 4 aliphatic rings. The standard InChI is InChI=1S/C29H50O6/c1-7-17(15(2)3)26(33)25(32)16(4)19-8-9-20-18-14-35-27(34)22-12-23(30)24(31)13-29(22,6)21(18)10-11-28(19,20)5/h15-26,30-33H,7-14H2,1-6H3/t16-,17-,18-,19+,20-,21-,22+,23-,24-,25+,26+,28+,29+/m0/s1. The summed E-state index contributed by atoms with van der Waals surface area (Å²) in [5.41, 5.74) is -0.348. The molecule has 13 atom stereocenters. The van der Waals surface area contributed by atoms with Gasteiger partial charge in [-0.1, -0.05) is 48.0 Å². The van der Waals surface area contributed by atoms with E-state index in [1.807, 2.05) is 0 Å².